The Balaban J connectivity index is 0.764. The van der Waals surface area contributed by atoms with Crippen molar-refractivity contribution in [2.24, 2.45) is 7.05 Å². The zero-order valence-electron chi connectivity index (χ0n) is 36.8. The molecular formula is C45H56N12O7. The van der Waals surface area contributed by atoms with Gasteiger partial charge in [-0.15, -0.1) is 0 Å². The summed E-state index contributed by atoms with van der Waals surface area (Å²) in [5, 5.41) is 16.6. The second-order valence-electron chi connectivity index (χ2n) is 16.1. The highest BCUT2D eigenvalue weighted by Crippen LogP contribution is 2.32. The Morgan fingerprint density at radius 3 is 2.30 bits per heavy atom. The van der Waals surface area contributed by atoms with Crippen LogP contribution >= 0.6 is 0 Å². The van der Waals surface area contributed by atoms with Crippen molar-refractivity contribution >= 4 is 63.5 Å². The van der Waals surface area contributed by atoms with Gasteiger partial charge in [0.25, 0.3) is 11.5 Å². The first-order valence-electron chi connectivity index (χ1n) is 21.7. The predicted octanol–water partition coefficient (Wildman–Crippen LogP) is 4.15. The van der Waals surface area contributed by atoms with E-state index in [4.69, 9.17) is 14.5 Å². The number of nitrogens with one attached hydrogen (secondary N) is 4. The van der Waals surface area contributed by atoms with Gasteiger partial charge in [0.2, 0.25) is 17.8 Å². The second kappa shape index (κ2) is 21.2. The molecule has 1 saturated heterocycles. The summed E-state index contributed by atoms with van der Waals surface area (Å²) in [6.45, 7) is 9.74. The smallest absolute Gasteiger partial charge is 0.263 e. The predicted molar refractivity (Wildman–Crippen MR) is 242 cm³/mol. The first kappa shape index (κ1) is 45.5. The highest BCUT2D eigenvalue weighted by Gasteiger charge is 2.26. The van der Waals surface area contributed by atoms with E-state index >= 15 is 0 Å². The van der Waals surface area contributed by atoms with Crippen LogP contribution in [-0.2, 0) is 26.1 Å². The molecule has 1 saturated carbocycles. The number of aromatic nitrogens is 6. The lowest BCUT2D eigenvalue weighted by molar-refractivity contribution is -0.122. The van der Waals surface area contributed by atoms with Crippen molar-refractivity contribution in [3.05, 3.63) is 87.6 Å². The van der Waals surface area contributed by atoms with Gasteiger partial charge in [-0.05, 0) is 63.4 Å². The largest absolute Gasteiger partial charge is 0.379 e. The SMILES string of the molecule is CC(=O)c1c(C)c2cnc(Nc3ccc(N4CCN(CC(=O)NCCOCCOCCC(=O)Nc5ccccc5C(=O)Nc5cc(C)n(C)n5)CC4)cn3)nc2n(C2CCCC2)c1=O. The number of nitrogens with zero attached hydrogens (tertiary/aromatic N) is 8. The Bertz CT molecular complexity index is 2510. The molecule has 1 aliphatic carbocycles. The van der Waals surface area contributed by atoms with Crippen molar-refractivity contribution in [3.63, 3.8) is 0 Å². The molecule has 1 aromatic carbocycles. The molecule has 3 amide bonds. The molecule has 0 radical (unpaired) electrons. The van der Waals surface area contributed by atoms with Gasteiger partial charge < -0.3 is 35.6 Å². The molecular weight excluding hydrogens is 821 g/mol. The summed E-state index contributed by atoms with van der Waals surface area (Å²) in [7, 11) is 1.79. The number of hydrogen-bond donors (Lipinski definition) is 4. The quantitative estimate of drug-likeness (QED) is 0.0677. The Morgan fingerprint density at radius 1 is 0.844 bits per heavy atom. The van der Waals surface area contributed by atoms with Gasteiger partial charge in [-0.3, -0.25) is 38.1 Å². The van der Waals surface area contributed by atoms with Gasteiger partial charge in [-0.25, -0.2) is 9.97 Å². The summed E-state index contributed by atoms with van der Waals surface area (Å²) >= 11 is 0. The number of carbonyl (C=O) groups is 4. The molecule has 0 spiro atoms. The number of piperazine rings is 1. The van der Waals surface area contributed by atoms with Crippen molar-refractivity contribution in [3.8, 4) is 0 Å². The van der Waals surface area contributed by atoms with E-state index in [0.29, 0.717) is 78.3 Å². The van der Waals surface area contributed by atoms with Gasteiger partial charge in [0.05, 0.1) is 68.1 Å². The monoisotopic (exact) mass is 876 g/mol. The number of fused-ring (bicyclic) bond motifs is 1. The van der Waals surface area contributed by atoms with E-state index in [1.165, 1.54) is 6.92 Å². The number of benzene rings is 1. The van der Waals surface area contributed by atoms with E-state index in [-0.39, 0.29) is 66.8 Å². The lowest BCUT2D eigenvalue weighted by atomic mass is 10.0. The van der Waals surface area contributed by atoms with Crippen LogP contribution in [-0.4, -0.2) is 123 Å². The lowest BCUT2D eigenvalue weighted by Crippen LogP contribution is -2.49. The minimum absolute atomic E-state index is 0.00686. The first-order chi connectivity index (χ1) is 30.9. The average molecular weight is 877 g/mol. The third-order valence-corrected chi connectivity index (χ3v) is 11.6. The van der Waals surface area contributed by atoms with Gasteiger partial charge in [0.1, 0.15) is 11.5 Å². The topological polar surface area (TPSA) is 220 Å². The fourth-order valence-corrected chi connectivity index (χ4v) is 8.05. The molecule has 0 bridgehead atoms. The third kappa shape index (κ3) is 11.3. The van der Waals surface area contributed by atoms with Crippen LogP contribution in [0.25, 0.3) is 11.0 Å². The van der Waals surface area contributed by atoms with Gasteiger partial charge in [0.15, 0.2) is 11.6 Å². The number of aryl methyl sites for hydroxylation is 3. The molecule has 0 unspecified atom stereocenters. The van der Waals surface area contributed by atoms with Crippen LogP contribution in [0.15, 0.2) is 59.7 Å². The Kier molecular flexibility index (Phi) is 15.1. The Labute approximate surface area is 370 Å². The molecule has 19 heteroatoms. The molecule has 1 aliphatic heterocycles. The van der Waals surface area contributed by atoms with E-state index in [1.54, 1.807) is 65.9 Å². The summed E-state index contributed by atoms with van der Waals surface area (Å²) in [5.74, 6) is 0.303. The molecule has 7 rings (SSSR count). The van der Waals surface area contributed by atoms with Crippen LogP contribution in [0, 0.1) is 13.8 Å². The summed E-state index contributed by atoms with van der Waals surface area (Å²) in [6, 6.07) is 12.4. The molecule has 64 heavy (non-hydrogen) atoms. The maximum atomic E-state index is 13.6. The van der Waals surface area contributed by atoms with Crippen LogP contribution in [0.1, 0.15) is 77.0 Å². The molecule has 0 atom stereocenters. The zero-order chi connectivity index (χ0) is 45.2. The number of para-hydroxylation sites is 1. The van der Waals surface area contributed by atoms with E-state index in [1.807, 2.05) is 19.1 Å². The number of hydrogen-bond acceptors (Lipinski definition) is 14. The van der Waals surface area contributed by atoms with Crippen molar-refractivity contribution in [1.29, 1.82) is 0 Å². The van der Waals surface area contributed by atoms with E-state index in [2.05, 4.69) is 46.1 Å². The maximum Gasteiger partial charge on any atom is 0.263 e. The molecule has 4 aromatic heterocycles. The van der Waals surface area contributed by atoms with Gasteiger partial charge in [-0.1, -0.05) is 25.0 Å². The van der Waals surface area contributed by atoms with E-state index in [9.17, 15) is 24.0 Å². The minimum Gasteiger partial charge on any atom is -0.379 e. The Morgan fingerprint density at radius 2 is 1.59 bits per heavy atom. The number of carbonyl (C=O) groups excluding carboxylic acids is 4. The second-order valence-corrected chi connectivity index (χ2v) is 16.1. The number of rotatable bonds is 19. The first-order valence-corrected chi connectivity index (χ1v) is 21.7. The summed E-state index contributed by atoms with van der Waals surface area (Å²) in [4.78, 5) is 82.3. The fraction of sp³-hybridized carbons (Fsp3) is 0.444. The molecule has 2 fully saturated rings. The zero-order valence-corrected chi connectivity index (χ0v) is 36.8. The molecule has 338 valence electrons. The molecule has 19 nitrogen and oxygen atoms in total. The van der Waals surface area contributed by atoms with E-state index in [0.717, 1.165) is 50.2 Å². The maximum absolute atomic E-state index is 13.6. The summed E-state index contributed by atoms with van der Waals surface area (Å²) < 4.78 is 14.5. The summed E-state index contributed by atoms with van der Waals surface area (Å²) in [5.41, 5.74) is 3.60. The van der Waals surface area contributed by atoms with Crippen LogP contribution in [0.5, 0.6) is 0 Å². The lowest BCUT2D eigenvalue weighted by Gasteiger charge is -2.35. The average Bonchev–Trinajstić information content (AvgIpc) is 3.92. The van der Waals surface area contributed by atoms with Crippen LogP contribution in [0.4, 0.5) is 29.0 Å². The minimum atomic E-state index is -0.378. The van der Waals surface area contributed by atoms with Crippen molar-refractivity contribution in [1.82, 2.24) is 39.5 Å². The van der Waals surface area contributed by atoms with Crippen molar-refractivity contribution in [2.45, 2.75) is 58.9 Å². The van der Waals surface area contributed by atoms with Crippen LogP contribution in [0.2, 0.25) is 0 Å². The third-order valence-electron chi connectivity index (χ3n) is 11.6. The molecule has 2 aliphatic rings. The summed E-state index contributed by atoms with van der Waals surface area (Å²) in [6.07, 6.45) is 7.35. The number of ketones is 1. The molecule has 5 aromatic rings. The van der Waals surface area contributed by atoms with Crippen molar-refractivity contribution < 1.29 is 28.7 Å². The van der Waals surface area contributed by atoms with Crippen LogP contribution in [0.3, 0.4) is 0 Å². The molecule has 4 N–H and O–H groups in total. The number of ether oxygens (including phenoxy) is 2. The number of amides is 3. The van der Waals surface area contributed by atoms with Crippen LogP contribution < -0.4 is 31.7 Å². The fourth-order valence-electron chi connectivity index (χ4n) is 8.05. The van der Waals surface area contributed by atoms with E-state index < -0.39 is 0 Å². The number of anilines is 5. The van der Waals surface area contributed by atoms with Crippen molar-refractivity contribution in [2.75, 3.05) is 86.5 Å². The van der Waals surface area contributed by atoms with Gasteiger partial charge in [-0.2, -0.15) is 10.1 Å². The Hall–Kier alpha value is -6.57. The standard InChI is InChI=1S/C45H56N12O7/c1-29-25-38(53-54(29)4)50-43(61)34-11-7-8-12-36(34)49-39(59)15-21-63-23-24-64-22-16-46-40(60)28-55-17-19-56(20-18-55)33-13-14-37(47-26-33)51-45-48-27-35-30(2)41(31(3)58)44(62)57(42(35)52-45)32-9-5-6-10-32/h7-8,11-14,25-27,32H,5-6,9-10,15-24,28H2,1-4H3,(H,46,60)(H,49,59)(H,50,53,61)(H,47,48,51,52). The number of pyridine rings is 2. The number of Topliss-reactive ketones (excluding diaryl/α,β-unsaturated/α-hetero) is 1. The van der Waals surface area contributed by atoms with Gasteiger partial charge >= 0.3 is 0 Å². The molecule has 5 heterocycles. The highest BCUT2D eigenvalue weighted by molar-refractivity contribution is 6.09. The van der Waals surface area contributed by atoms with Gasteiger partial charge in [0, 0.05) is 69.2 Å². The normalized spacial score (nSPS) is 14.5. The highest BCUT2D eigenvalue weighted by atomic mass is 16.5.